The van der Waals surface area contributed by atoms with Crippen LogP contribution in [-0.2, 0) is 0 Å². The fourth-order valence-corrected chi connectivity index (χ4v) is 6.02. The first kappa shape index (κ1) is 16.7. The standard InChI is InChI=1S/C19H36S/c1-17-13-9-7-8-12-16-20-19(17,2)18-14-10-5-3-4-6-11-15-18/h17-18H,3-16H2,1-2H3. The van der Waals surface area contributed by atoms with E-state index < -0.39 is 0 Å². The highest BCUT2D eigenvalue weighted by molar-refractivity contribution is 8.00. The Kier molecular flexibility index (Phi) is 7.28. The van der Waals surface area contributed by atoms with Gasteiger partial charge < -0.3 is 0 Å². The molecular formula is C19H36S. The van der Waals surface area contributed by atoms with Crippen LogP contribution in [0.3, 0.4) is 0 Å². The van der Waals surface area contributed by atoms with Gasteiger partial charge in [0, 0.05) is 4.75 Å². The summed E-state index contributed by atoms with van der Waals surface area (Å²) in [6, 6.07) is 0. The first-order valence-corrected chi connectivity index (χ1v) is 10.4. The minimum atomic E-state index is 0.564. The molecule has 118 valence electrons. The van der Waals surface area contributed by atoms with E-state index in [0.717, 1.165) is 11.8 Å². The zero-order chi connectivity index (χ0) is 14.3. The average molecular weight is 297 g/mol. The second-order valence-corrected chi connectivity index (χ2v) is 9.11. The first-order chi connectivity index (χ1) is 9.73. The molecule has 0 bridgehead atoms. The molecule has 0 radical (unpaired) electrons. The monoisotopic (exact) mass is 296 g/mol. The van der Waals surface area contributed by atoms with Gasteiger partial charge in [0.1, 0.15) is 0 Å². The number of hydrogen-bond acceptors (Lipinski definition) is 1. The van der Waals surface area contributed by atoms with Crippen LogP contribution in [0.2, 0.25) is 0 Å². The maximum absolute atomic E-state index is 2.64. The van der Waals surface area contributed by atoms with E-state index in [1.807, 2.05) is 0 Å². The van der Waals surface area contributed by atoms with Gasteiger partial charge in [-0.25, -0.2) is 0 Å². The van der Waals surface area contributed by atoms with Crippen LogP contribution in [0.1, 0.15) is 97.3 Å². The number of thioether (sulfide) groups is 1. The lowest BCUT2D eigenvalue weighted by molar-refractivity contribution is 0.252. The summed E-state index contributed by atoms with van der Waals surface area (Å²) in [5.41, 5.74) is 0. The lowest BCUT2D eigenvalue weighted by atomic mass is 9.76. The molecule has 1 saturated carbocycles. The van der Waals surface area contributed by atoms with Crippen LogP contribution in [-0.4, -0.2) is 10.5 Å². The third-order valence-electron chi connectivity index (χ3n) is 6.09. The van der Waals surface area contributed by atoms with Gasteiger partial charge in [0.2, 0.25) is 0 Å². The van der Waals surface area contributed by atoms with Crippen molar-refractivity contribution >= 4 is 11.8 Å². The van der Waals surface area contributed by atoms with Crippen molar-refractivity contribution in [2.24, 2.45) is 11.8 Å². The van der Waals surface area contributed by atoms with Crippen LogP contribution in [0.15, 0.2) is 0 Å². The Bertz CT molecular complexity index is 252. The molecule has 2 atom stereocenters. The van der Waals surface area contributed by atoms with E-state index in [2.05, 4.69) is 25.6 Å². The minimum Gasteiger partial charge on any atom is -0.155 e. The third kappa shape index (κ3) is 4.68. The van der Waals surface area contributed by atoms with Crippen LogP contribution in [0.5, 0.6) is 0 Å². The molecule has 2 fully saturated rings. The van der Waals surface area contributed by atoms with Gasteiger partial charge in [0.05, 0.1) is 0 Å². The van der Waals surface area contributed by atoms with Gasteiger partial charge in [0.15, 0.2) is 0 Å². The van der Waals surface area contributed by atoms with Crippen LogP contribution < -0.4 is 0 Å². The Morgan fingerprint density at radius 1 is 0.700 bits per heavy atom. The third-order valence-corrected chi connectivity index (χ3v) is 7.94. The molecule has 1 aliphatic heterocycles. The van der Waals surface area contributed by atoms with Gasteiger partial charge in [-0.2, -0.15) is 11.8 Å². The summed E-state index contributed by atoms with van der Waals surface area (Å²) in [4.78, 5) is 0. The van der Waals surface area contributed by atoms with E-state index in [1.54, 1.807) is 0 Å². The molecule has 2 unspecified atom stereocenters. The van der Waals surface area contributed by atoms with Crippen molar-refractivity contribution in [1.29, 1.82) is 0 Å². The maximum atomic E-state index is 2.64. The quantitative estimate of drug-likeness (QED) is 0.511. The first-order valence-electron chi connectivity index (χ1n) is 9.37. The molecule has 20 heavy (non-hydrogen) atoms. The maximum Gasteiger partial charge on any atom is 0.0185 e. The minimum absolute atomic E-state index is 0.564. The summed E-state index contributed by atoms with van der Waals surface area (Å²) >= 11 is 2.35. The molecule has 1 aliphatic carbocycles. The lowest BCUT2D eigenvalue weighted by Crippen LogP contribution is -2.38. The molecule has 1 heteroatoms. The van der Waals surface area contributed by atoms with Crippen molar-refractivity contribution in [2.75, 3.05) is 5.75 Å². The number of hydrogen-bond donors (Lipinski definition) is 0. The highest BCUT2D eigenvalue weighted by Gasteiger charge is 2.38. The summed E-state index contributed by atoms with van der Waals surface area (Å²) in [5, 5.41) is 0. The second kappa shape index (κ2) is 8.71. The van der Waals surface area contributed by atoms with Gasteiger partial charge in [0.25, 0.3) is 0 Å². The Balaban J connectivity index is 2.04. The largest absolute Gasteiger partial charge is 0.155 e. The van der Waals surface area contributed by atoms with Crippen molar-refractivity contribution in [3.05, 3.63) is 0 Å². The molecule has 2 rings (SSSR count). The van der Waals surface area contributed by atoms with E-state index in [-0.39, 0.29) is 0 Å². The Morgan fingerprint density at radius 3 is 1.85 bits per heavy atom. The normalized spacial score (nSPS) is 36.0. The number of rotatable bonds is 1. The zero-order valence-corrected chi connectivity index (χ0v) is 14.8. The zero-order valence-electron chi connectivity index (χ0n) is 14.0. The van der Waals surface area contributed by atoms with Crippen LogP contribution in [0.4, 0.5) is 0 Å². The van der Waals surface area contributed by atoms with Crippen molar-refractivity contribution in [3.8, 4) is 0 Å². The highest BCUT2D eigenvalue weighted by Crippen LogP contribution is 2.47. The second-order valence-electron chi connectivity index (χ2n) is 7.53. The van der Waals surface area contributed by atoms with Crippen molar-refractivity contribution < 1.29 is 0 Å². The lowest BCUT2D eigenvalue weighted by Gasteiger charge is -2.42. The smallest absolute Gasteiger partial charge is 0.0185 e. The Hall–Kier alpha value is 0.350. The summed E-state index contributed by atoms with van der Waals surface area (Å²) < 4.78 is 0.564. The van der Waals surface area contributed by atoms with Crippen LogP contribution in [0.25, 0.3) is 0 Å². The fourth-order valence-electron chi connectivity index (χ4n) is 4.35. The molecule has 0 aromatic carbocycles. The van der Waals surface area contributed by atoms with Gasteiger partial charge in [-0.15, -0.1) is 0 Å². The molecule has 0 nitrogen and oxygen atoms in total. The van der Waals surface area contributed by atoms with Crippen molar-refractivity contribution in [1.82, 2.24) is 0 Å². The molecule has 2 aliphatic rings. The van der Waals surface area contributed by atoms with Crippen LogP contribution >= 0.6 is 11.8 Å². The molecule has 0 aromatic rings. The van der Waals surface area contributed by atoms with Gasteiger partial charge in [-0.1, -0.05) is 64.7 Å². The Labute approximate surface area is 131 Å². The van der Waals surface area contributed by atoms with Gasteiger partial charge in [-0.05, 0) is 50.2 Å². The molecule has 0 amide bonds. The van der Waals surface area contributed by atoms with Gasteiger partial charge >= 0.3 is 0 Å². The van der Waals surface area contributed by atoms with E-state index in [4.69, 9.17) is 0 Å². The predicted octanol–water partition coefficient (Wildman–Crippen LogP) is 6.83. The molecule has 0 N–H and O–H groups in total. The van der Waals surface area contributed by atoms with E-state index in [9.17, 15) is 0 Å². The predicted molar refractivity (Wildman–Crippen MR) is 93.5 cm³/mol. The van der Waals surface area contributed by atoms with E-state index in [0.29, 0.717) is 4.75 Å². The molecule has 0 spiro atoms. The fraction of sp³-hybridized carbons (Fsp3) is 1.00. The average Bonchev–Trinajstić information content (AvgIpc) is 2.63. The SMILES string of the molecule is CC1CCCCCCSC1(C)C1CCCCCCCC1. The summed E-state index contributed by atoms with van der Waals surface area (Å²) in [6.45, 7) is 5.20. The molecular weight excluding hydrogens is 260 g/mol. The summed E-state index contributed by atoms with van der Waals surface area (Å²) in [5.74, 6) is 3.31. The molecule has 1 heterocycles. The highest BCUT2D eigenvalue weighted by atomic mass is 32.2. The van der Waals surface area contributed by atoms with Gasteiger partial charge in [-0.3, -0.25) is 0 Å². The topological polar surface area (TPSA) is 0 Å². The van der Waals surface area contributed by atoms with Crippen molar-refractivity contribution in [2.45, 2.75) is 102 Å². The van der Waals surface area contributed by atoms with E-state index >= 15 is 0 Å². The van der Waals surface area contributed by atoms with E-state index in [1.165, 1.54) is 89.2 Å². The molecule has 1 saturated heterocycles. The Morgan fingerprint density at radius 2 is 1.20 bits per heavy atom. The van der Waals surface area contributed by atoms with Crippen molar-refractivity contribution in [3.63, 3.8) is 0 Å². The summed E-state index contributed by atoms with van der Waals surface area (Å²) in [6.07, 6.45) is 19.3. The summed E-state index contributed by atoms with van der Waals surface area (Å²) in [7, 11) is 0. The van der Waals surface area contributed by atoms with Crippen LogP contribution in [0, 0.1) is 11.8 Å². The molecule has 0 aromatic heterocycles.